The van der Waals surface area contributed by atoms with Gasteiger partial charge in [0.25, 0.3) is 0 Å². The smallest absolute Gasteiger partial charge is 0.155 e. The lowest BCUT2D eigenvalue weighted by Gasteiger charge is -2.18. The Bertz CT molecular complexity index is 424. The van der Waals surface area contributed by atoms with Crippen LogP contribution in [0.5, 0.6) is 0 Å². The van der Waals surface area contributed by atoms with Crippen molar-refractivity contribution >= 4 is 11.5 Å². The second-order valence-corrected chi connectivity index (χ2v) is 4.69. The van der Waals surface area contributed by atoms with Crippen molar-refractivity contribution in [2.24, 2.45) is 11.8 Å². The summed E-state index contributed by atoms with van der Waals surface area (Å²) in [5, 5.41) is 0. The third-order valence-corrected chi connectivity index (χ3v) is 3.61. The van der Waals surface area contributed by atoms with E-state index in [0.29, 0.717) is 11.8 Å². The molecule has 1 saturated heterocycles. The summed E-state index contributed by atoms with van der Waals surface area (Å²) in [5.74, 6) is 1.38. The van der Waals surface area contributed by atoms with Crippen LogP contribution in [0.2, 0.25) is 0 Å². The first kappa shape index (κ1) is 9.64. The summed E-state index contributed by atoms with van der Waals surface area (Å²) in [6.07, 6.45) is 4.58. The number of fused-ring (bicyclic) bond motifs is 1. The Morgan fingerprint density at radius 2 is 1.94 bits per heavy atom. The van der Waals surface area contributed by atoms with Crippen LogP contribution in [0.4, 0.5) is 5.69 Å². The lowest BCUT2D eigenvalue weighted by atomic mass is 9.86. The van der Waals surface area contributed by atoms with E-state index >= 15 is 0 Å². The summed E-state index contributed by atoms with van der Waals surface area (Å²) in [5.41, 5.74) is 1.28. The number of carbonyl (C=O) groups excluding carboxylic acids is 1. The standard InChI is InChI=1S/C14H15NO/c16-14-7-6-11-9-15(10-12(11)8-14)13-4-2-1-3-5-13/h1-7,11-12H,8-10H2/t11-,12+/m0/s1. The second-order valence-electron chi connectivity index (χ2n) is 4.69. The molecule has 2 nitrogen and oxygen atoms in total. The van der Waals surface area contributed by atoms with Crippen molar-refractivity contribution in [2.75, 3.05) is 18.0 Å². The fourth-order valence-corrected chi connectivity index (χ4v) is 2.74. The number of nitrogens with zero attached hydrogens (tertiary/aromatic N) is 1. The van der Waals surface area contributed by atoms with E-state index in [1.165, 1.54) is 5.69 Å². The van der Waals surface area contributed by atoms with Crippen molar-refractivity contribution in [3.63, 3.8) is 0 Å². The van der Waals surface area contributed by atoms with Crippen molar-refractivity contribution < 1.29 is 4.79 Å². The molecule has 0 amide bonds. The van der Waals surface area contributed by atoms with Gasteiger partial charge in [-0.25, -0.2) is 0 Å². The Balaban J connectivity index is 1.79. The maximum atomic E-state index is 11.3. The molecule has 16 heavy (non-hydrogen) atoms. The lowest BCUT2D eigenvalue weighted by Crippen LogP contribution is -2.20. The number of allylic oxidation sites excluding steroid dienone is 1. The maximum Gasteiger partial charge on any atom is 0.155 e. The van der Waals surface area contributed by atoms with Crippen molar-refractivity contribution in [2.45, 2.75) is 6.42 Å². The zero-order chi connectivity index (χ0) is 11.0. The number of hydrogen-bond donors (Lipinski definition) is 0. The molecule has 1 aliphatic carbocycles. The van der Waals surface area contributed by atoms with Crippen LogP contribution in [0.15, 0.2) is 42.5 Å². The van der Waals surface area contributed by atoms with Crippen LogP contribution in [0, 0.1) is 11.8 Å². The summed E-state index contributed by atoms with van der Waals surface area (Å²) < 4.78 is 0. The minimum absolute atomic E-state index is 0.288. The minimum atomic E-state index is 0.288. The van der Waals surface area contributed by atoms with E-state index in [9.17, 15) is 4.79 Å². The Kier molecular flexibility index (Phi) is 2.28. The van der Waals surface area contributed by atoms with Gasteiger partial charge in [-0.2, -0.15) is 0 Å². The molecule has 0 bridgehead atoms. The van der Waals surface area contributed by atoms with Gasteiger partial charge in [0.1, 0.15) is 0 Å². The van der Waals surface area contributed by atoms with Crippen LogP contribution in [-0.2, 0) is 4.79 Å². The molecule has 0 unspecified atom stereocenters. The summed E-state index contributed by atoms with van der Waals surface area (Å²) in [6.45, 7) is 2.07. The van der Waals surface area contributed by atoms with Crippen LogP contribution in [-0.4, -0.2) is 18.9 Å². The third-order valence-electron chi connectivity index (χ3n) is 3.61. The zero-order valence-corrected chi connectivity index (χ0v) is 9.17. The van der Waals surface area contributed by atoms with Gasteiger partial charge < -0.3 is 4.90 Å². The highest BCUT2D eigenvalue weighted by Gasteiger charge is 2.34. The highest BCUT2D eigenvalue weighted by molar-refractivity contribution is 5.91. The number of carbonyl (C=O) groups is 1. The van der Waals surface area contributed by atoms with Gasteiger partial charge in [0.2, 0.25) is 0 Å². The molecule has 1 fully saturated rings. The predicted octanol–water partition coefficient (Wildman–Crippen LogP) is 2.27. The molecule has 0 spiro atoms. The van der Waals surface area contributed by atoms with Gasteiger partial charge in [0.05, 0.1) is 0 Å². The molecular formula is C14H15NO. The first-order chi connectivity index (χ1) is 7.83. The molecule has 1 aromatic carbocycles. The topological polar surface area (TPSA) is 20.3 Å². The van der Waals surface area contributed by atoms with Crippen LogP contribution >= 0.6 is 0 Å². The first-order valence-electron chi connectivity index (χ1n) is 5.84. The van der Waals surface area contributed by atoms with Crippen molar-refractivity contribution in [3.05, 3.63) is 42.5 Å². The van der Waals surface area contributed by atoms with E-state index < -0.39 is 0 Å². The quantitative estimate of drug-likeness (QED) is 0.713. The van der Waals surface area contributed by atoms with Crippen LogP contribution in [0.3, 0.4) is 0 Å². The van der Waals surface area contributed by atoms with Gasteiger partial charge in [-0.1, -0.05) is 24.3 Å². The normalized spacial score (nSPS) is 28.2. The van der Waals surface area contributed by atoms with E-state index in [-0.39, 0.29) is 5.78 Å². The summed E-state index contributed by atoms with van der Waals surface area (Å²) in [6, 6.07) is 10.5. The van der Waals surface area contributed by atoms with Crippen LogP contribution in [0.25, 0.3) is 0 Å². The van der Waals surface area contributed by atoms with E-state index in [1.54, 1.807) is 6.08 Å². The SMILES string of the molecule is O=C1C=C[C@H]2CN(c3ccccc3)C[C@H]2C1. The molecule has 0 N–H and O–H groups in total. The maximum absolute atomic E-state index is 11.3. The van der Waals surface area contributed by atoms with Gasteiger partial charge in [-0.3, -0.25) is 4.79 Å². The predicted molar refractivity (Wildman–Crippen MR) is 64.4 cm³/mol. The largest absolute Gasteiger partial charge is 0.371 e. The number of anilines is 1. The summed E-state index contributed by atoms with van der Waals surface area (Å²) in [4.78, 5) is 13.7. The minimum Gasteiger partial charge on any atom is -0.371 e. The van der Waals surface area contributed by atoms with E-state index in [1.807, 2.05) is 6.07 Å². The molecule has 1 aliphatic heterocycles. The number of para-hydroxylation sites is 1. The molecule has 0 saturated carbocycles. The number of hydrogen-bond acceptors (Lipinski definition) is 2. The summed E-state index contributed by atoms with van der Waals surface area (Å²) >= 11 is 0. The van der Waals surface area contributed by atoms with E-state index in [4.69, 9.17) is 0 Å². The highest BCUT2D eigenvalue weighted by atomic mass is 16.1. The highest BCUT2D eigenvalue weighted by Crippen LogP contribution is 2.33. The monoisotopic (exact) mass is 213 g/mol. The van der Waals surface area contributed by atoms with Gasteiger partial charge in [0.15, 0.2) is 5.78 Å². The Morgan fingerprint density at radius 3 is 2.75 bits per heavy atom. The molecule has 1 heterocycles. The number of benzene rings is 1. The molecule has 0 radical (unpaired) electrons. The molecule has 2 atom stereocenters. The number of ketones is 1. The fraction of sp³-hybridized carbons (Fsp3) is 0.357. The van der Waals surface area contributed by atoms with Gasteiger partial charge in [-0.05, 0) is 30.0 Å². The Morgan fingerprint density at radius 1 is 1.12 bits per heavy atom. The molecule has 2 aliphatic rings. The third kappa shape index (κ3) is 1.64. The summed E-state index contributed by atoms with van der Waals surface area (Å²) in [7, 11) is 0. The Labute approximate surface area is 95.6 Å². The van der Waals surface area contributed by atoms with Crippen molar-refractivity contribution in [3.8, 4) is 0 Å². The molecule has 0 aromatic heterocycles. The van der Waals surface area contributed by atoms with Gasteiger partial charge in [0, 0.05) is 25.2 Å². The zero-order valence-electron chi connectivity index (χ0n) is 9.17. The van der Waals surface area contributed by atoms with E-state index in [2.05, 4.69) is 35.2 Å². The second kappa shape index (κ2) is 3.78. The van der Waals surface area contributed by atoms with E-state index in [0.717, 1.165) is 19.5 Å². The van der Waals surface area contributed by atoms with Crippen LogP contribution < -0.4 is 4.90 Å². The van der Waals surface area contributed by atoms with Crippen LogP contribution in [0.1, 0.15) is 6.42 Å². The number of rotatable bonds is 1. The van der Waals surface area contributed by atoms with Gasteiger partial charge in [-0.15, -0.1) is 0 Å². The Hall–Kier alpha value is -1.57. The first-order valence-corrected chi connectivity index (χ1v) is 5.84. The lowest BCUT2D eigenvalue weighted by molar-refractivity contribution is -0.115. The molecule has 82 valence electrons. The molecule has 1 aromatic rings. The molecule has 2 heteroatoms. The van der Waals surface area contributed by atoms with Crippen molar-refractivity contribution in [1.29, 1.82) is 0 Å². The fourth-order valence-electron chi connectivity index (χ4n) is 2.74. The average molecular weight is 213 g/mol. The van der Waals surface area contributed by atoms with Crippen molar-refractivity contribution in [1.82, 2.24) is 0 Å². The average Bonchev–Trinajstić information content (AvgIpc) is 2.73. The molecular weight excluding hydrogens is 198 g/mol. The molecule has 3 rings (SSSR count). The van der Waals surface area contributed by atoms with Gasteiger partial charge >= 0.3 is 0 Å².